The maximum absolute atomic E-state index is 12.4. The van der Waals surface area contributed by atoms with Gasteiger partial charge >= 0.3 is 18.1 Å². The molecule has 3 rings (SSSR count). The van der Waals surface area contributed by atoms with Gasteiger partial charge in [0.15, 0.2) is 11.5 Å². The minimum Gasteiger partial charge on any atom is -0.335 e. The van der Waals surface area contributed by atoms with Crippen molar-refractivity contribution in [2.75, 3.05) is 18.4 Å². The van der Waals surface area contributed by atoms with Crippen LogP contribution in [0.5, 0.6) is 0 Å². The topological polar surface area (TPSA) is 100 Å². The largest absolute Gasteiger partial charge is 0.471 e. The first kappa shape index (κ1) is 17.8. The fourth-order valence-electron chi connectivity index (χ4n) is 2.65. The molecule has 0 aromatic carbocycles. The van der Waals surface area contributed by atoms with E-state index in [1.807, 2.05) is 0 Å². The van der Waals surface area contributed by atoms with Crippen LogP contribution in [-0.2, 0) is 4.79 Å². The van der Waals surface area contributed by atoms with Gasteiger partial charge in [0.2, 0.25) is 0 Å². The van der Waals surface area contributed by atoms with Crippen molar-refractivity contribution in [2.24, 2.45) is 0 Å². The van der Waals surface area contributed by atoms with E-state index >= 15 is 0 Å². The van der Waals surface area contributed by atoms with Crippen LogP contribution in [0.1, 0.15) is 12.8 Å². The Labute approximate surface area is 145 Å². The molecule has 0 spiro atoms. The zero-order valence-electron chi connectivity index (χ0n) is 13.5. The number of nitrogens with one attached hydrogen (secondary N) is 2. The van der Waals surface area contributed by atoms with Crippen LogP contribution < -0.4 is 10.6 Å². The third-order valence-corrected chi connectivity index (χ3v) is 3.92. The van der Waals surface area contributed by atoms with Crippen LogP contribution in [0.25, 0.3) is 11.2 Å². The number of hydrogen-bond donors (Lipinski definition) is 2. The molecule has 0 atom stereocenters. The van der Waals surface area contributed by atoms with E-state index in [0.717, 1.165) is 4.90 Å². The second kappa shape index (κ2) is 7.10. The van der Waals surface area contributed by atoms with Gasteiger partial charge in [0, 0.05) is 25.3 Å². The summed E-state index contributed by atoms with van der Waals surface area (Å²) in [5, 5.41) is 5.17. The van der Waals surface area contributed by atoms with Gasteiger partial charge in [-0.1, -0.05) is 0 Å². The molecule has 0 bridgehead atoms. The number of hydrogen-bond acceptors (Lipinski definition) is 5. The number of fused-ring (bicyclic) bond motifs is 1. The summed E-state index contributed by atoms with van der Waals surface area (Å²) < 4.78 is 37.2. The second-order valence-electron chi connectivity index (χ2n) is 5.76. The first-order chi connectivity index (χ1) is 12.3. The van der Waals surface area contributed by atoms with Gasteiger partial charge < -0.3 is 10.2 Å². The van der Waals surface area contributed by atoms with Gasteiger partial charge in [0.05, 0.1) is 6.20 Å². The summed E-state index contributed by atoms with van der Waals surface area (Å²) in [5.74, 6) is -1.64. The summed E-state index contributed by atoms with van der Waals surface area (Å²) in [6.45, 7) is -0.133. The van der Waals surface area contributed by atoms with Crippen LogP contribution in [0.3, 0.4) is 0 Å². The molecule has 1 aliphatic heterocycles. The molecule has 2 N–H and O–H groups in total. The number of likely N-dealkylation sites (tertiary alicyclic amines) is 1. The van der Waals surface area contributed by atoms with E-state index in [9.17, 15) is 22.8 Å². The summed E-state index contributed by atoms with van der Waals surface area (Å²) in [6.07, 6.45) is -1.47. The summed E-state index contributed by atoms with van der Waals surface area (Å²) >= 11 is 0. The maximum atomic E-state index is 12.4. The Hall–Kier alpha value is -2.98. The van der Waals surface area contributed by atoms with Gasteiger partial charge in [-0.15, -0.1) is 0 Å². The number of urea groups is 1. The lowest BCUT2D eigenvalue weighted by atomic mass is 10.1. The Kier molecular flexibility index (Phi) is 4.87. The van der Waals surface area contributed by atoms with Crippen molar-refractivity contribution in [3.8, 4) is 0 Å². The quantitative estimate of drug-likeness (QED) is 0.840. The van der Waals surface area contributed by atoms with Crippen molar-refractivity contribution < 1.29 is 22.8 Å². The number of rotatable bonds is 2. The van der Waals surface area contributed by atoms with Gasteiger partial charge in [-0.05, 0) is 25.0 Å². The molecule has 3 heterocycles. The number of nitrogens with zero attached hydrogens (tertiary/aromatic N) is 4. The number of anilines is 1. The lowest BCUT2D eigenvalue weighted by molar-refractivity contribution is -0.186. The van der Waals surface area contributed by atoms with Gasteiger partial charge in [0.25, 0.3) is 0 Å². The fourth-order valence-corrected chi connectivity index (χ4v) is 2.65. The van der Waals surface area contributed by atoms with Gasteiger partial charge in [-0.25, -0.2) is 19.7 Å². The molecular formula is C15H15F3N6O2. The van der Waals surface area contributed by atoms with Crippen LogP contribution >= 0.6 is 0 Å². The van der Waals surface area contributed by atoms with E-state index < -0.39 is 18.1 Å². The third-order valence-electron chi connectivity index (χ3n) is 3.92. The van der Waals surface area contributed by atoms with Gasteiger partial charge in [0.1, 0.15) is 5.52 Å². The fraction of sp³-hybridized carbons (Fsp3) is 0.400. The molecule has 2 aromatic heterocycles. The molecule has 3 amide bonds. The van der Waals surface area contributed by atoms with Crippen molar-refractivity contribution in [3.05, 3.63) is 24.5 Å². The molecular weight excluding hydrogens is 353 g/mol. The van der Waals surface area contributed by atoms with E-state index in [4.69, 9.17) is 0 Å². The van der Waals surface area contributed by atoms with E-state index in [2.05, 4.69) is 25.6 Å². The average Bonchev–Trinajstić information content (AvgIpc) is 2.61. The van der Waals surface area contributed by atoms with E-state index in [1.165, 1.54) is 6.20 Å². The summed E-state index contributed by atoms with van der Waals surface area (Å²) in [7, 11) is 0. The Morgan fingerprint density at radius 3 is 2.62 bits per heavy atom. The SMILES string of the molecule is O=C(Nc1cnc2cccnc2n1)NC1CCN(C(=O)C(F)(F)F)CC1. The molecule has 1 aliphatic rings. The average molecular weight is 368 g/mol. The summed E-state index contributed by atoms with van der Waals surface area (Å²) in [4.78, 5) is 36.2. The van der Waals surface area contributed by atoms with E-state index in [0.29, 0.717) is 11.2 Å². The number of carbonyl (C=O) groups excluding carboxylic acids is 2. The van der Waals surface area contributed by atoms with Crippen molar-refractivity contribution >= 4 is 28.9 Å². The van der Waals surface area contributed by atoms with Crippen molar-refractivity contribution in [1.82, 2.24) is 25.2 Å². The minimum atomic E-state index is -4.87. The lowest BCUT2D eigenvalue weighted by Crippen LogP contribution is -2.50. The van der Waals surface area contributed by atoms with Crippen LogP contribution in [0.2, 0.25) is 0 Å². The van der Waals surface area contributed by atoms with Crippen LogP contribution in [0, 0.1) is 0 Å². The number of amides is 3. The maximum Gasteiger partial charge on any atom is 0.471 e. The van der Waals surface area contributed by atoms with Gasteiger partial charge in [-0.2, -0.15) is 13.2 Å². The monoisotopic (exact) mass is 368 g/mol. The molecule has 1 saturated heterocycles. The Morgan fingerprint density at radius 1 is 1.19 bits per heavy atom. The molecule has 1 fully saturated rings. The van der Waals surface area contributed by atoms with Crippen molar-refractivity contribution in [3.63, 3.8) is 0 Å². The molecule has 11 heteroatoms. The second-order valence-corrected chi connectivity index (χ2v) is 5.76. The number of aromatic nitrogens is 3. The molecule has 0 radical (unpaired) electrons. The zero-order valence-corrected chi connectivity index (χ0v) is 13.5. The third kappa shape index (κ3) is 4.16. The molecule has 26 heavy (non-hydrogen) atoms. The normalized spacial score (nSPS) is 15.7. The number of pyridine rings is 1. The van der Waals surface area contributed by atoms with Crippen molar-refractivity contribution in [1.29, 1.82) is 0 Å². The number of halogens is 3. The highest BCUT2D eigenvalue weighted by Crippen LogP contribution is 2.21. The van der Waals surface area contributed by atoms with Crippen LogP contribution in [-0.4, -0.2) is 57.1 Å². The molecule has 0 unspecified atom stereocenters. The number of alkyl halides is 3. The molecule has 2 aromatic rings. The smallest absolute Gasteiger partial charge is 0.335 e. The Balaban J connectivity index is 1.52. The highest BCUT2D eigenvalue weighted by molar-refractivity contribution is 5.89. The van der Waals surface area contributed by atoms with E-state index in [1.54, 1.807) is 18.3 Å². The Morgan fingerprint density at radius 2 is 1.92 bits per heavy atom. The lowest BCUT2D eigenvalue weighted by Gasteiger charge is -2.32. The predicted molar refractivity (Wildman–Crippen MR) is 85.1 cm³/mol. The zero-order chi connectivity index (χ0) is 18.7. The number of carbonyl (C=O) groups is 2. The van der Waals surface area contributed by atoms with E-state index in [-0.39, 0.29) is 37.8 Å². The summed E-state index contributed by atoms with van der Waals surface area (Å²) in [5.41, 5.74) is 0.962. The molecule has 0 aliphatic carbocycles. The highest BCUT2D eigenvalue weighted by atomic mass is 19.4. The molecule has 8 nitrogen and oxygen atoms in total. The van der Waals surface area contributed by atoms with Crippen LogP contribution in [0.4, 0.5) is 23.8 Å². The molecule has 0 saturated carbocycles. The summed E-state index contributed by atoms with van der Waals surface area (Å²) in [6, 6.07) is 2.57. The first-order valence-corrected chi connectivity index (χ1v) is 7.84. The predicted octanol–water partition coefficient (Wildman–Crippen LogP) is 1.70. The standard InChI is InChI=1S/C15H15F3N6O2/c16-15(17,18)13(25)24-6-3-9(4-7-24)21-14(26)23-11-8-20-10-2-1-5-19-12(10)22-11/h1-2,5,8-9H,3-4,6-7H2,(H2,19,21,22,23,26). The molecule has 138 valence electrons. The minimum absolute atomic E-state index is 0.0665. The van der Waals surface area contributed by atoms with Crippen LogP contribution in [0.15, 0.2) is 24.5 Å². The van der Waals surface area contributed by atoms with Crippen molar-refractivity contribution in [2.45, 2.75) is 25.1 Å². The first-order valence-electron chi connectivity index (χ1n) is 7.84. The van der Waals surface area contributed by atoms with Gasteiger partial charge in [-0.3, -0.25) is 10.1 Å². The Bertz CT molecular complexity index is 820. The highest BCUT2D eigenvalue weighted by Gasteiger charge is 2.43. The number of piperidine rings is 1.